The van der Waals surface area contributed by atoms with Crippen LogP contribution in [-0.2, 0) is 0 Å². The summed E-state index contributed by atoms with van der Waals surface area (Å²) < 4.78 is 0. The molecular formula is C10H17N3. The fourth-order valence-corrected chi connectivity index (χ4v) is 1.82. The van der Waals surface area contributed by atoms with Gasteiger partial charge in [0.15, 0.2) is 0 Å². The minimum absolute atomic E-state index is 0.930. The van der Waals surface area contributed by atoms with Gasteiger partial charge in [0.1, 0.15) is 5.84 Å². The number of nitrogens with one attached hydrogen (secondary N) is 2. The maximum absolute atomic E-state index is 4.52. The van der Waals surface area contributed by atoms with Crippen LogP contribution in [0.15, 0.2) is 16.3 Å². The van der Waals surface area contributed by atoms with E-state index in [-0.39, 0.29) is 0 Å². The van der Waals surface area contributed by atoms with Crippen molar-refractivity contribution in [3.8, 4) is 0 Å². The van der Waals surface area contributed by atoms with Gasteiger partial charge in [-0.05, 0) is 25.0 Å². The van der Waals surface area contributed by atoms with Crippen molar-refractivity contribution >= 4 is 5.84 Å². The molecule has 0 saturated carbocycles. The molecule has 13 heavy (non-hydrogen) atoms. The lowest BCUT2D eigenvalue weighted by molar-refractivity contribution is 0.637. The van der Waals surface area contributed by atoms with Crippen molar-refractivity contribution in [1.29, 1.82) is 0 Å². The molecule has 0 radical (unpaired) electrons. The average Bonchev–Trinajstić information content (AvgIpc) is 2.18. The molecule has 3 nitrogen and oxygen atoms in total. The summed E-state index contributed by atoms with van der Waals surface area (Å²) in [7, 11) is 0. The van der Waals surface area contributed by atoms with Gasteiger partial charge in [-0.1, -0.05) is 6.92 Å². The summed E-state index contributed by atoms with van der Waals surface area (Å²) in [4.78, 5) is 4.52. The first kappa shape index (κ1) is 8.75. The number of hydrogen-bond donors (Lipinski definition) is 2. The number of hydrogen-bond acceptors (Lipinski definition) is 3. The van der Waals surface area contributed by atoms with E-state index in [0.29, 0.717) is 0 Å². The smallest absolute Gasteiger partial charge is 0.101 e. The SMILES string of the molecule is CCCC1=NCC2=C(CNCC2)N1. The predicted molar refractivity (Wildman–Crippen MR) is 54.9 cm³/mol. The van der Waals surface area contributed by atoms with E-state index in [1.807, 2.05) is 0 Å². The van der Waals surface area contributed by atoms with Crippen LogP contribution in [0.5, 0.6) is 0 Å². The molecule has 0 fully saturated rings. The third kappa shape index (κ3) is 1.91. The molecule has 0 aromatic heterocycles. The Balaban J connectivity index is 2.01. The van der Waals surface area contributed by atoms with Crippen LogP contribution in [0.3, 0.4) is 0 Å². The normalized spacial score (nSPS) is 22.1. The molecule has 0 aliphatic carbocycles. The summed E-state index contributed by atoms with van der Waals surface area (Å²) in [5.41, 5.74) is 2.88. The van der Waals surface area contributed by atoms with Crippen LogP contribution >= 0.6 is 0 Å². The largest absolute Gasteiger partial charge is 0.346 e. The van der Waals surface area contributed by atoms with Crippen molar-refractivity contribution in [2.75, 3.05) is 19.6 Å². The zero-order chi connectivity index (χ0) is 9.10. The molecule has 3 heteroatoms. The highest BCUT2D eigenvalue weighted by Gasteiger charge is 2.16. The predicted octanol–water partition coefficient (Wildman–Crippen LogP) is 1.04. The van der Waals surface area contributed by atoms with Gasteiger partial charge in [-0.3, -0.25) is 4.99 Å². The van der Waals surface area contributed by atoms with E-state index in [1.54, 1.807) is 0 Å². The van der Waals surface area contributed by atoms with E-state index in [9.17, 15) is 0 Å². The molecule has 0 amide bonds. The minimum atomic E-state index is 0.930. The molecule has 0 saturated heterocycles. The first-order valence-electron chi connectivity index (χ1n) is 5.12. The molecule has 2 aliphatic rings. The van der Waals surface area contributed by atoms with Crippen LogP contribution < -0.4 is 10.6 Å². The van der Waals surface area contributed by atoms with E-state index in [0.717, 1.165) is 32.5 Å². The quantitative estimate of drug-likeness (QED) is 0.664. The van der Waals surface area contributed by atoms with Crippen LogP contribution in [0.1, 0.15) is 26.2 Å². The second-order valence-electron chi connectivity index (χ2n) is 3.65. The first-order valence-corrected chi connectivity index (χ1v) is 5.12. The van der Waals surface area contributed by atoms with E-state index in [2.05, 4.69) is 22.5 Å². The Bertz CT molecular complexity index is 253. The van der Waals surface area contributed by atoms with E-state index in [1.165, 1.54) is 23.5 Å². The summed E-state index contributed by atoms with van der Waals surface area (Å²) >= 11 is 0. The summed E-state index contributed by atoms with van der Waals surface area (Å²) in [6.07, 6.45) is 3.41. The van der Waals surface area contributed by atoms with Crippen molar-refractivity contribution in [2.24, 2.45) is 4.99 Å². The van der Waals surface area contributed by atoms with E-state index in [4.69, 9.17) is 0 Å². The Morgan fingerprint density at radius 3 is 3.23 bits per heavy atom. The zero-order valence-corrected chi connectivity index (χ0v) is 8.19. The maximum Gasteiger partial charge on any atom is 0.101 e. The fourth-order valence-electron chi connectivity index (χ4n) is 1.82. The second-order valence-corrected chi connectivity index (χ2v) is 3.65. The molecule has 0 aromatic rings. The van der Waals surface area contributed by atoms with Gasteiger partial charge in [0.05, 0.1) is 6.54 Å². The lowest BCUT2D eigenvalue weighted by atomic mass is 10.0. The third-order valence-corrected chi connectivity index (χ3v) is 2.57. The van der Waals surface area contributed by atoms with Crippen molar-refractivity contribution < 1.29 is 0 Å². The second kappa shape index (κ2) is 3.92. The van der Waals surface area contributed by atoms with Crippen molar-refractivity contribution in [3.63, 3.8) is 0 Å². The van der Waals surface area contributed by atoms with Gasteiger partial charge in [0, 0.05) is 18.7 Å². The van der Waals surface area contributed by atoms with Crippen LogP contribution in [0.2, 0.25) is 0 Å². The first-order chi connectivity index (χ1) is 6.40. The Labute approximate surface area is 79.3 Å². The minimum Gasteiger partial charge on any atom is -0.346 e. The van der Waals surface area contributed by atoms with Crippen molar-refractivity contribution in [1.82, 2.24) is 10.6 Å². The van der Waals surface area contributed by atoms with Gasteiger partial charge in [0.25, 0.3) is 0 Å². The Morgan fingerprint density at radius 1 is 1.46 bits per heavy atom. The van der Waals surface area contributed by atoms with Gasteiger partial charge in [0.2, 0.25) is 0 Å². The molecule has 0 spiro atoms. The molecule has 0 bridgehead atoms. The standard InChI is InChI=1S/C10H17N3/c1-2-3-10-12-6-8-4-5-11-7-9(8)13-10/h11H,2-7H2,1H3,(H,12,13). The highest BCUT2D eigenvalue weighted by atomic mass is 15.1. The molecule has 0 aromatic carbocycles. The molecule has 2 rings (SSSR count). The Kier molecular flexibility index (Phi) is 2.64. The molecule has 0 atom stereocenters. The fraction of sp³-hybridized carbons (Fsp3) is 0.700. The molecule has 0 unspecified atom stereocenters. The maximum atomic E-state index is 4.52. The van der Waals surface area contributed by atoms with Crippen molar-refractivity contribution in [2.45, 2.75) is 26.2 Å². The zero-order valence-electron chi connectivity index (χ0n) is 8.19. The number of amidine groups is 1. The molecule has 72 valence electrons. The monoisotopic (exact) mass is 179 g/mol. The average molecular weight is 179 g/mol. The summed E-state index contributed by atoms with van der Waals surface area (Å²) in [5, 5.41) is 6.79. The van der Waals surface area contributed by atoms with E-state index >= 15 is 0 Å². The summed E-state index contributed by atoms with van der Waals surface area (Å²) in [5.74, 6) is 1.17. The van der Waals surface area contributed by atoms with E-state index < -0.39 is 0 Å². The van der Waals surface area contributed by atoms with Gasteiger partial charge < -0.3 is 10.6 Å². The number of nitrogens with zero attached hydrogens (tertiary/aromatic N) is 1. The molecule has 2 N–H and O–H groups in total. The van der Waals surface area contributed by atoms with Crippen LogP contribution in [0.25, 0.3) is 0 Å². The van der Waals surface area contributed by atoms with Gasteiger partial charge in [-0.25, -0.2) is 0 Å². The van der Waals surface area contributed by atoms with Crippen LogP contribution in [-0.4, -0.2) is 25.5 Å². The number of rotatable bonds is 2. The highest BCUT2D eigenvalue weighted by Crippen LogP contribution is 2.15. The van der Waals surface area contributed by atoms with Crippen LogP contribution in [0.4, 0.5) is 0 Å². The van der Waals surface area contributed by atoms with Gasteiger partial charge in [-0.15, -0.1) is 0 Å². The Hall–Kier alpha value is -0.830. The van der Waals surface area contributed by atoms with Crippen LogP contribution in [0, 0.1) is 0 Å². The van der Waals surface area contributed by atoms with Crippen molar-refractivity contribution in [3.05, 3.63) is 11.3 Å². The molecule has 2 aliphatic heterocycles. The summed E-state index contributed by atoms with van der Waals surface area (Å²) in [6, 6.07) is 0. The molecular weight excluding hydrogens is 162 g/mol. The lowest BCUT2D eigenvalue weighted by Gasteiger charge is -2.26. The third-order valence-electron chi connectivity index (χ3n) is 2.57. The van der Waals surface area contributed by atoms with Gasteiger partial charge >= 0.3 is 0 Å². The summed E-state index contributed by atoms with van der Waals surface area (Å²) in [6.45, 7) is 5.23. The highest BCUT2D eigenvalue weighted by molar-refractivity contribution is 5.85. The lowest BCUT2D eigenvalue weighted by Crippen LogP contribution is -2.38. The van der Waals surface area contributed by atoms with Gasteiger partial charge in [-0.2, -0.15) is 0 Å². The topological polar surface area (TPSA) is 36.4 Å². The molecule has 2 heterocycles. The Morgan fingerprint density at radius 2 is 2.38 bits per heavy atom. The number of aliphatic imine (C=N–C) groups is 1.